The van der Waals surface area contributed by atoms with Gasteiger partial charge in [-0.3, -0.25) is 19.7 Å². The van der Waals surface area contributed by atoms with E-state index >= 15 is 0 Å². The molecule has 0 heterocycles. The van der Waals surface area contributed by atoms with E-state index in [-0.39, 0.29) is 23.2 Å². The summed E-state index contributed by atoms with van der Waals surface area (Å²) in [5.41, 5.74) is -0.642. The molecule has 2 N–H and O–H groups in total. The van der Waals surface area contributed by atoms with Crippen LogP contribution < -0.4 is 5.32 Å². The Balaban J connectivity index is 1.42. The summed E-state index contributed by atoms with van der Waals surface area (Å²) >= 11 is 0. The Hall–Kier alpha value is -3.26. The summed E-state index contributed by atoms with van der Waals surface area (Å²) in [6.07, 6.45) is 2.89. The number of aliphatic hydroxyl groups is 1. The highest BCUT2D eigenvalue weighted by molar-refractivity contribution is 5.98. The molecule has 4 bridgehead atoms. The van der Waals surface area contributed by atoms with Gasteiger partial charge in [0.2, 0.25) is 6.10 Å². The van der Waals surface area contributed by atoms with Gasteiger partial charge in [-0.05, 0) is 68.9 Å². The van der Waals surface area contributed by atoms with Crippen molar-refractivity contribution in [3.05, 3.63) is 69.8 Å². The number of rotatable bonds is 6. The number of nitro groups is 1. The van der Waals surface area contributed by atoms with Crippen LogP contribution in [0.2, 0.25) is 0 Å². The molecule has 0 saturated heterocycles. The monoisotopic (exact) mass is 464 g/mol. The molecule has 0 aliphatic heterocycles. The SMILES string of the molecule is Cc1ccc(NC(=O)[C@@H](OC(=O)C23C[C@H]4C[C@@H](CC(O)(C4)C2)C3)c2ccccc2)c([N+](=O)[O-])c1. The average molecular weight is 465 g/mol. The first-order valence-electron chi connectivity index (χ1n) is 11.7. The van der Waals surface area contributed by atoms with E-state index in [9.17, 15) is 24.8 Å². The van der Waals surface area contributed by atoms with Gasteiger partial charge in [-0.15, -0.1) is 0 Å². The van der Waals surface area contributed by atoms with Crippen LogP contribution in [0.4, 0.5) is 11.4 Å². The number of aryl methyl sites for hydroxylation is 1. The van der Waals surface area contributed by atoms with E-state index in [0.29, 0.717) is 30.4 Å². The molecule has 8 heteroatoms. The van der Waals surface area contributed by atoms with E-state index in [1.165, 1.54) is 12.1 Å². The molecule has 178 valence electrons. The second-order valence-corrected chi connectivity index (χ2v) is 10.4. The summed E-state index contributed by atoms with van der Waals surface area (Å²) < 4.78 is 5.89. The Morgan fingerprint density at radius 1 is 1.12 bits per heavy atom. The number of carbonyl (C=O) groups excluding carboxylic acids is 2. The number of nitro benzene ring substituents is 1. The molecular weight excluding hydrogens is 436 g/mol. The molecule has 0 spiro atoms. The quantitative estimate of drug-likeness (QED) is 0.370. The number of anilines is 1. The van der Waals surface area contributed by atoms with Gasteiger partial charge in [-0.25, -0.2) is 0 Å². The molecule has 2 aromatic rings. The summed E-state index contributed by atoms with van der Waals surface area (Å²) in [4.78, 5) is 37.9. The van der Waals surface area contributed by atoms with E-state index in [4.69, 9.17) is 4.74 Å². The van der Waals surface area contributed by atoms with Gasteiger partial charge >= 0.3 is 5.97 Å². The zero-order valence-corrected chi connectivity index (χ0v) is 19.0. The normalized spacial score (nSPS) is 29.9. The highest BCUT2D eigenvalue weighted by Gasteiger charge is 2.61. The number of carbonyl (C=O) groups is 2. The maximum Gasteiger partial charge on any atom is 0.313 e. The lowest BCUT2D eigenvalue weighted by Crippen LogP contribution is -2.58. The molecule has 4 aliphatic carbocycles. The Kier molecular flexibility index (Phi) is 5.43. The van der Waals surface area contributed by atoms with E-state index in [0.717, 1.165) is 19.3 Å². The van der Waals surface area contributed by atoms with E-state index < -0.39 is 33.9 Å². The van der Waals surface area contributed by atoms with Crippen molar-refractivity contribution in [2.75, 3.05) is 5.32 Å². The maximum absolute atomic E-state index is 13.6. The predicted molar refractivity (Wildman–Crippen MR) is 124 cm³/mol. The van der Waals surface area contributed by atoms with Crippen molar-refractivity contribution >= 4 is 23.3 Å². The average Bonchev–Trinajstić information content (AvgIpc) is 2.77. The zero-order chi connectivity index (χ0) is 24.1. The Labute approximate surface area is 197 Å². The molecule has 1 amide bonds. The van der Waals surface area contributed by atoms with Gasteiger partial charge in [0.05, 0.1) is 15.9 Å². The molecular formula is C26H28N2O6. The van der Waals surface area contributed by atoms with Gasteiger partial charge in [-0.2, -0.15) is 0 Å². The second kappa shape index (κ2) is 8.20. The van der Waals surface area contributed by atoms with Crippen LogP contribution in [0.3, 0.4) is 0 Å². The number of nitrogens with one attached hydrogen (secondary N) is 1. The summed E-state index contributed by atoms with van der Waals surface area (Å²) in [5.74, 6) is -0.548. The third-order valence-electron chi connectivity index (χ3n) is 7.64. The van der Waals surface area contributed by atoms with Gasteiger partial charge in [0.1, 0.15) is 5.69 Å². The summed E-state index contributed by atoms with van der Waals surface area (Å²) in [6.45, 7) is 1.73. The number of hydrogen-bond donors (Lipinski definition) is 2. The molecule has 0 aromatic heterocycles. The number of esters is 1. The van der Waals surface area contributed by atoms with Gasteiger partial charge in [0.15, 0.2) is 0 Å². The predicted octanol–water partition coefficient (Wildman–Crippen LogP) is 4.46. The van der Waals surface area contributed by atoms with E-state index in [1.54, 1.807) is 43.3 Å². The minimum absolute atomic E-state index is 0.0432. The highest BCUT2D eigenvalue weighted by Crippen LogP contribution is 2.62. The topological polar surface area (TPSA) is 119 Å². The van der Waals surface area contributed by atoms with Crippen LogP contribution in [-0.2, 0) is 14.3 Å². The first kappa shape index (κ1) is 22.5. The number of hydrogen-bond acceptors (Lipinski definition) is 6. The molecule has 6 rings (SSSR count). The molecule has 0 radical (unpaired) electrons. The molecule has 8 nitrogen and oxygen atoms in total. The lowest BCUT2D eigenvalue weighted by molar-refractivity contribution is -0.384. The number of ether oxygens (including phenoxy) is 1. The zero-order valence-electron chi connectivity index (χ0n) is 19.0. The molecule has 34 heavy (non-hydrogen) atoms. The second-order valence-electron chi connectivity index (χ2n) is 10.4. The van der Waals surface area contributed by atoms with Crippen molar-refractivity contribution in [1.82, 2.24) is 0 Å². The third-order valence-corrected chi connectivity index (χ3v) is 7.64. The van der Waals surface area contributed by atoms with Crippen LogP contribution in [0.5, 0.6) is 0 Å². The minimum Gasteiger partial charge on any atom is -0.447 e. The van der Waals surface area contributed by atoms with Crippen molar-refractivity contribution in [3.8, 4) is 0 Å². The maximum atomic E-state index is 13.6. The van der Waals surface area contributed by atoms with E-state index in [1.807, 2.05) is 0 Å². The van der Waals surface area contributed by atoms with Gasteiger partial charge in [0, 0.05) is 11.6 Å². The first-order chi connectivity index (χ1) is 16.2. The number of benzene rings is 2. The Bertz CT molecular complexity index is 1130. The lowest BCUT2D eigenvalue weighted by Gasteiger charge is -2.58. The van der Waals surface area contributed by atoms with Gasteiger partial charge in [0.25, 0.3) is 11.6 Å². The Morgan fingerprint density at radius 3 is 2.41 bits per heavy atom. The van der Waals surface area contributed by atoms with Crippen molar-refractivity contribution in [3.63, 3.8) is 0 Å². The van der Waals surface area contributed by atoms with Gasteiger partial charge < -0.3 is 15.2 Å². The Morgan fingerprint density at radius 2 is 1.79 bits per heavy atom. The molecule has 3 atom stereocenters. The first-order valence-corrected chi connectivity index (χ1v) is 11.7. The van der Waals surface area contributed by atoms with E-state index in [2.05, 4.69) is 5.32 Å². The fourth-order valence-corrected chi connectivity index (χ4v) is 6.68. The van der Waals surface area contributed by atoms with Crippen LogP contribution >= 0.6 is 0 Å². The minimum atomic E-state index is -1.27. The highest BCUT2D eigenvalue weighted by atomic mass is 16.6. The van der Waals surface area contributed by atoms with Gasteiger partial charge in [-0.1, -0.05) is 36.4 Å². The fourth-order valence-electron chi connectivity index (χ4n) is 6.68. The van der Waals surface area contributed by atoms with Crippen LogP contribution in [0.1, 0.15) is 55.8 Å². The van der Waals surface area contributed by atoms with Crippen LogP contribution in [0.25, 0.3) is 0 Å². The van der Waals surface area contributed by atoms with Crippen molar-refractivity contribution in [1.29, 1.82) is 0 Å². The largest absolute Gasteiger partial charge is 0.447 e. The standard InChI is InChI=1S/C26H28N2O6/c1-16-7-8-20(21(9-16)28(32)33)27-23(29)22(19-5-3-2-4-6-19)34-24(30)25-11-17-10-18(12-25)14-26(31,13-17)15-25/h2-9,17-18,22,31H,10-15H2,1H3,(H,27,29)/t17-,18-,22+,25?,26?/m1/s1. The molecule has 0 unspecified atom stereocenters. The summed E-state index contributed by atoms with van der Waals surface area (Å²) in [7, 11) is 0. The molecule has 4 saturated carbocycles. The van der Waals surface area contributed by atoms with Crippen LogP contribution in [0, 0.1) is 34.3 Å². The molecule has 2 aromatic carbocycles. The van der Waals surface area contributed by atoms with Crippen LogP contribution in [-0.4, -0.2) is 27.5 Å². The summed E-state index contributed by atoms with van der Waals surface area (Å²) in [6, 6.07) is 13.2. The summed E-state index contributed by atoms with van der Waals surface area (Å²) in [5, 5.41) is 25.1. The smallest absolute Gasteiger partial charge is 0.313 e. The van der Waals surface area contributed by atoms with Crippen molar-refractivity contribution < 1.29 is 24.4 Å². The third kappa shape index (κ3) is 4.07. The lowest BCUT2D eigenvalue weighted by atomic mass is 9.48. The van der Waals surface area contributed by atoms with Crippen molar-refractivity contribution in [2.45, 2.75) is 57.2 Å². The molecule has 4 fully saturated rings. The number of amides is 1. The molecule has 4 aliphatic rings. The number of nitrogens with zero attached hydrogens (tertiary/aromatic N) is 1. The fraction of sp³-hybridized carbons (Fsp3) is 0.462. The van der Waals surface area contributed by atoms with Crippen LogP contribution in [0.15, 0.2) is 48.5 Å². The van der Waals surface area contributed by atoms with Crippen molar-refractivity contribution in [2.24, 2.45) is 17.3 Å².